The lowest BCUT2D eigenvalue weighted by Crippen LogP contribution is -2.39. The molecule has 0 saturated carbocycles. The Morgan fingerprint density at radius 2 is 2.00 bits per heavy atom. The Balaban J connectivity index is 1.55. The molecule has 0 aliphatic carbocycles. The second kappa shape index (κ2) is 8.65. The number of likely N-dealkylation sites (tertiary alicyclic amines) is 1. The maximum Gasteiger partial charge on any atom is 0.320 e. The Bertz CT molecular complexity index is 883. The average Bonchev–Trinajstić information content (AvgIpc) is 2.66. The Morgan fingerprint density at radius 1 is 1.21 bits per heavy atom. The number of nitrogens with two attached hydrogens (primary N) is 1. The van der Waals surface area contributed by atoms with Crippen molar-refractivity contribution in [2.24, 2.45) is 0 Å². The molecule has 29 heavy (non-hydrogen) atoms. The zero-order chi connectivity index (χ0) is 20.2. The maximum absolute atomic E-state index is 12.2. The summed E-state index contributed by atoms with van der Waals surface area (Å²) in [5.41, 5.74) is 8.97. The first-order chi connectivity index (χ1) is 14.1. The quantitative estimate of drug-likeness (QED) is 0.661. The summed E-state index contributed by atoms with van der Waals surface area (Å²) in [4.78, 5) is 25.3. The first-order valence-corrected chi connectivity index (χ1v) is 10.3. The molecule has 1 saturated heterocycles. The van der Waals surface area contributed by atoms with Gasteiger partial charge in [-0.15, -0.1) is 0 Å². The highest BCUT2D eigenvalue weighted by Gasteiger charge is 2.27. The second-order valence-electron chi connectivity index (χ2n) is 7.65. The van der Waals surface area contributed by atoms with Gasteiger partial charge in [0.2, 0.25) is 5.91 Å². The van der Waals surface area contributed by atoms with Gasteiger partial charge in [-0.1, -0.05) is 37.6 Å². The minimum Gasteiger partial charge on any atom is -0.463 e. The summed E-state index contributed by atoms with van der Waals surface area (Å²) < 4.78 is 5.65. The van der Waals surface area contributed by atoms with Crippen LogP contribution in [0.25, 0.3) is 0 Å². The fourth-order valence-electron chi connectivity index (χ4n) is 3.57. The minimum absolute atomic E-state index is 0.121. The maximum atomic E-state index is 12.2. The molecule has 2 aromatic rings. The topological polar surface area (TPSA) is 96.6 Å². The number of carbonyl (C=O) groups excluding carboxylic acids is 1. The molecule has 2 aliphatic heterocycles. The van der Waals surface area contributed by atoms with E-state index in [-0.39, 0.29) is 24.3 Å². The van der Waals surface area contributed by atoms with E-state index in [4.69, 9.17) is 10.5 Å². The third-order valence-corrected chi connectivity index (χ3v) is 5.24. The molecule has 3 heterocycles. The van der Waals surface area contributed by atoms with Crippen LogP contribution < -0.4 is 20.7 Å². The molecule has 2 aliphatic rings. The SMILES string of the molecule is CCCCOc1nc(N)c2c(n1)N(Cc1cccc(CN3CCC3)c1)CC(=O)N2. The minimum atomic E-state index is -0.121. The number of aromatic nitrogens is 2. The molecule has 1 amide bonds. The number of hydrogen-bond acceptors (Lipinski definition) is 7. The summed E-state index contributed by atoms with van der Waals surface area (Å²) >= 11 is 0. The Hall–Kier alpha value is -2.87. The van der Waals surface area contributed by atoms with Gasteiger partial charge < -0.3 is 20.7 Å². The normalized spacial score (nSPS) is 16.2. The molecule has 1 aromatic carbocycles. The van der Waals surface area contributed by atoms with E-state index in [1.54, 1.807) is 0 Å². The van der Waals surface area contributed by atoms with Crippen molar-refractivity contribution in [3.05, 3.63) is 35.4 Å². The predicted octanol–water partition coefficient (Wildman–Crippen LogP) is 2.40. The van der Waals surface area contributed by atoms with E-state index in [1.807, 2.05) is 4.90 Å². The molecule has 0 radical (unpaired) electrons. The van der Waals surface area contributed by atoms with Crippen molar-refractivity contribution in [1.29, 1.82) is 0 Å². The number of nitrogen functional groups attached to an aromatic ring is 1. The Kier molecular flexibility index (Phi) is 5.80. The van der Waals surface area contributed by atoms with E-state index in [0.29, 0.717) is 24.7 Å². The Morgan fingerprint density at radius 3 is 2.72 bits per heavy atom. The van der Waals surface area contributed by atoms with Gasteiger partial charge in [-0.05, 0) is 37.1 Å². The molecule has 8 heteroatoms. The van der Waals surface area contributed by atoms with Gasteiger partial charge in [0.15, 0.2) is 11.6 Å². The molecule has 0 unspecified atom stereocenters. The smallest absolute Gasteiger partial charge is 0.320 e. The van der Waals surface area contributed by atoms with Gasteiger partial charge in [0.1, 0.15) is 5.69 Å². The van der Waals surface area contributed by atoms with Gasteiger partial charge in [-0.2, -0.15) is 9.97 Å². The van der Waals surface area contributed by atoms with Gasteiger partial charge in [0, 0.05) is 13.1 Å². The summed E-state index contributed by atoms with van der Waals surface area (Å²) in [5.74, 6) is 0.715. The molecule has 1 fully saturated rings. The number of rotatable bonds is 8. The van der Waals surface area contributed by atoms with Crippen LogP contribution in [0.1, 0.15) is 37.3 Å². The lowest BCUT2D eigenvalue weighted by atomic mass is 10.1. The zero-order valence-corrected chi connectivity index (χ0v) is 16.9. The number of fused-ring (bicyclic) bond motifs is 1. The third kappa shape index (κ3) is 4.59. The van der Waals surface area contributed by atoms with Crippen LogP contribution in [0.5, 0.6) is 6.01 Å². The van der Waals surface area contributed by atoms with Gasteiger partial charge in [-0.25, -0.2) is 0 Å². The second-order valence-corrected chi connectivity index (χ2v) is 7.65. The van der Waals surface area contributed by atoms with Gasteiger partial charge in [0.25, 0.3) is 0 Å². The molecule has 154 valence electrons. The van der Waals surface area contributed by atoms with Crippen LogP contribution in [0.4, 0.5) is 17.3 Å². The van der Waals surface area contributed by atoms with Crippen molar-refractivity contribution in [2.75, 3.05) is 42.2 Å². The van der Waals surface area contributed by atoms with Crippen LogP contribution in [0.3, 0.4) is 0 Å². The van der Waals surface area contributed by atoms with E-state index in [2.05, 4.69) is 51.4 Å². The van der Waals surface area contributed by atoms with Gasteiger partial charge in [0.05, 0.1) is 13.2 Å². The number of carbonyl (C=O) groups is 1. The van der Waals surface area contributed by atoms with Crippen molar-refractivity contribution in [1.82, 2.24) is 14.9 Å². The third-order valence-electron chi connectivity index (χ3n) is 5.24. The fourth-order valence-corrected chi connectivity index (χ4v) is 3.57. The molecule has 0 bridgehead atoms. The predicted molar refractivity (Wildman–Crippen MR) is 113 cm³/mol. The summed E-state index contributed by atoms with van der Waals surface area (Å²) in [6.07, 6.45) is 3.23. The molecule has 8 nitrogen and oxygen atoms in total. The van der Waals surface area contributed by atoms with Crippen molar-refractivity contribution >= 4 is 23.2 Å². The number of anilines is 3. The first kappa shape index (κ1) is 19.4. The van der Waals surface area contributed by atoms with Crippen LogP contribution in [0, 0.1) is 0 Å². The fraction of sp³-hybridized carbons (Fsp3) is 0.476. The largest absolute Gasteiger partial charge is 0.463 e. The number of hydrogen-bond donors (Lipinski definition) is 2. The van der Waals surface area contributed by atoms with Crippen LogP contribution in [0.15, 0.2) is 24.3 Å². The van der Waals surface area contributed by atoms with Crippen molar-refractivity contribution in [3.8, 4) is 6.01 Å². The number of nitrogens with zero attached hydrogens (tertiary/aromatic N) is 4. The zero-order valence-electron chi connectivity index (χ0n) is 16.9. The van der Waals surface area contributed by atoms with E-state index >= 15 is 0 Å². The van der Waals surface area contributed by atoms with E-state index in [0.717, 1.165) is 24.9 Å². The van der Waals surface area contributed by atoms with Crippen LogP contribution >= 0.6 is 0 Å². The summed E-state index contributed by atoms with van der Waals surface area (Å²) in [6, 6.07) is 8.76. The van der Waals surface area contributed by atoms with Crippen molar-refractivity contribution in [2.45, 2.75) is 39.3 Å². The monoisotopic (exact) mass is 396 g/mol. The van der Waals surface area contributed by atoms with Crippen molar-refractivity contribution < 1.29 is 9.53 Å². The molecule has 3 N–H and O–H groups in total. The molecular formula is C21H28N6O2. The average molecular weight is 396 g/mol. The highest BCUT2D eigenvalue weighted by molar-refractivity contribution is 6.03. The molecule has 4 rings (SSSR count). The van der Waals surface area contributed by atoms with E-state index < -0.39 is 0 Å². The van der Waals surface area contributed by atoms with Crippen LogP contribution in [-0.2, 0) is 17.9 Å². The number of amides is 1. The highest BCUT2D eigenvalue weighted by atomic mass is 16.5. The van der Waals surface area contributed by atoms with E-state index in [1.165, 1.54) is 25.1 Å². The number of benzene rings is 1. The first-order valence-electron chi connectivity index (χ1n) is 10.3. The standard InChI is InChI=1S/C21H28N6O2/c1-2-3-10-29-21-24-19(22)18-20(25-21)27(14-17(28)23-18)13-16-7-4-6-15(11-16)12-26-8-5-9-26/h4,6-7,11H,2-3,5,8-10,12-14H2,1H3,(H,23,28)(H2,22,24,25). The van der Waals surface area contributed by atoms with Gasteiger partial charge >= 0.3 is 6.01 Å². The summed E-state index contributed by atoms with van der Waals surface area (Å²) in [6.45, 7) is 6.73. The summed E-state index contributed by atoms with van der Waals surface area (Å²) in [7, 11) is 0. The molecule has 0 atom stereocenters. The highest BCUT2D eigenvalue weighted by Crippen LogP contribution is 2.34. The number of ether oxygens (including phenoxy) is 1. The van der Waals surface area contributed by atoms with Gasteiger partial charge in [-0.3, -0.25) is 9.69 Å². The Labute approximate surface area is 171 Å². The lowest BCUT2D eigenvalue weighted by Gasteiger charge is -2.31. The van der Waals surface area contributed by atoms with E-state index in [9.17, 15) is 4.79 Å². The van der Waals surface area contributed by atoms with Crippen LogP contribution in [-0.4, -0.2) is 47.0 Å². The molecular weight excluding hydrogens is 368 g/mol. The number of unbranched alkanes of at least 4 members (excludes halogenated alkanes) is 1. The molecule has 1 aromatic heterocycles. The lowest BCUT2D eigenvalue weighted by molar-refractivity contribution is -0.115. The van der Waals surface area contributed by atoms with Crippen LogP contribution in [0.2, 0.25) is 0 Å². The number of nitrogens with one attached hydrogen (secondary N) is 1. The van der Waals surface area contributed by atoms with Crippen molar-refractivity contribution in [3.63, 3.8) is 0 Å². The summed E-state index contributed by atoms with van der Waals surface area (Å²) in [5, 5.41) is 2.80. The molecule has 0 spiro atoms.